The zero-order valence-electron chi connectivity index (χ0n) is 15.0. The van der Waals surface area contributed by atoms with Crippen molar-refractivity contribution in [3.63, 3.8) is 0 Å². The monoisotopic (exact) mass is 353 g/mol. The summed E-state index contributed by atoms with van der Waals surface area (Å²) in [6.45, 7) is 3.02. The van der Waals surface area contributed by atoms with Crippen molar-refractivity contribution in [2.75, 3.05) is 0 Å². The maximum Gasteiger partial charge on any atom is 0.116 e. The van der Waals surface area contributed by atoms with Crippen molar-refractivity contribution >= 4 is 21.8 Å². The van der Waals surface area contributed by atoms with E-state index >= 15 is 0 Å². The highest BCUT2D eigenvalue weighted by atomic mass is 16.3. The molecule has 0 fully saturated rings. The lowest BCUT2D eigenvalue weighted by molar-refractivity contribution is 0.476. The topological polar surface area (TPSA) is 43.0 Å². The quantitative estimate of drug-likeness (QED) is 0.474. The minimum Gasteiger partial charge on any atom is -0.508 e. The molecule has 0 aliphatic heterocycles. The number of rotatable bonds is 3. The van der Waals surface area contributed by atoms with Gasteiger partial charge in [-0.05, 0) is 49.4 Å². The summed E-state index contributed by atoms with van der Waals surface area (Å²) in [6.07, 6.45) is 1.83. The fourth-order valence-electron chi connectivity index (χ4n) is 3.89. The zero-order chi connectivity index (χ0) is 18.4. The van der Waals surface area contributed by atoms with Crippen molar-refractivity contribution in [1.29, 1.82) is 0 Å². The van der Waals surface area contributed by atoms with Gasteiger partial charge in [0.2, 0.25) is 0 Å². The molecule has 27 heavy (non-hydrogen) atoms. The van der Waals surface area contributed by atoms with E-state index in [0.717, 1.165) is 45.3 Å². The van der Waals surface area contributed by atoms with E-state index < -0.39 is 0 Å². The first kappa shape index (κ1) is 15.7. The third-order valence-electron chi connectivity index (χ3n) is 5.11. The number of phenolic OH excluding ortho intramolecular Hbond substituents is 1. The first-order valence-electron chi connectivity index (χ1n) is 9.11. The van der Waals surface area contributed by atoms with Crippen molar-refractivity contribution in [2.24, 2.45) is 0 Å². The van der Waals surface area contributed by atoms with E-state index in [1.165, 1.54) is 0 Å². The van der Waals surface area contributed by atoms with Crippen LogP contribution in [-0.4, -0.2) is 19.5 Å². The second-order valence-corrected chi connectivity index (χ2v) is 6.64. The van der Waals surface area contributed by atoms with Crippen LogP contribution in [0.4, 0.5) is 0 Å². The number of aryl methyl sites for hydroxylation is 1. The van der Waals surface area contributed by atoms with Gasteiger partial charge in [-0.25, -0.2) is 4.68 Å². The van der Waals surface area contributed by atoms with E-state index in [2.05, 4.69) is 46.9 Å². The first-order chi connectivity index (χ1) is 13.3. The second kappa shape index (κ2) is 6.02. The molecule has 0 spiro atoms. The molecule has 3 aromatic carbocycles. The van der Waals surface area contributed by atoms with Crippen molar-refractivity contribution in [3.8, 4) is 22.7 Å². The molecule has 4 heteroatoms. The van der Waals surface area contributed by atoms with Crippen molar-refractivity contribution in [1.82, 2.24) is 14.3 Å². The molecule has 0 saturated heterocycles. The lowest BCUT2D eigenvalue weighted by atomic mass is 10.1. The predicted octanol–water partition coefficient (Wildman–Crippen LogP) is 5.37. The lowest BCUT2D eigenvalue weighted by Crippen LogP contribution is -1.99. The standard InChI is InChI=1S/C23H19N3O/c1-2-25-22-10-8-17(14-19(22)20-15-18(27)9-11-23(20)25)26-21(12-13-24-26)16-6-4-3-5-7-16/h3-15,27H,2H2,1H3. The van der Waals surface area contributed by atoms with Crippen molar-refractivity contribution < 1.29 is 5.11 Å². The molecule has 0 atom stereocenters. The van der Waals surface area contributed by atoms with Gasteiger partial charge in [0.1, 0.15) is 5.75 Å². The van der Waals surface area contributed by atoms with Gasteiger partial charge >= 0.3 is 0 Å². The number of hydrogen-bond acceptors (Lipinski definition) is 2. The van der Waals surface area contributed by atoms with Crippen LogP contribution in [0, 0.1) is 0 Å². The Morgan fingerprint density at radius 3 is 2.37 bits per heavy atom. The summed E-state index contributed by atoms with van der Waals surface area (Å²) in [6, 6.07) is 24.3. The largest absolute Gasteiger partial charge is 0.508 e. The molecule has 1 N–H and O–H groups in total. The number of aromatic nitrogens is 3. The molecule has 0 amide bonds. The van der Waals surface area contributed by atoms with Gasteiger partial charge in [-0.2, -0.15) is 5.10 Å². The average Bonchev–Trinajstić information content (AvgIpc) is 3.31. The van der Waals surface area contributed by atoms with Crippen LogP contribution in [0.1, 0.15) is 6.92 Å². The van der Waals surface area contributed by atoms with Crippen molar-refractivity contribution in [3.05, 3.63) is 79.0 Å². The minimum atomic E-state index is 0.284. The Bertz CT molecular complexity index is 1270. The van der Waals surface area contributed by atoms with Gasteiger partial charge in [-0.15, -0.1) is 0 Å². The number of nitrogens with zero attached hydrogens (tertiary/aromatic N) is 3. The van der Waals surface area contributed by atoms with E-state index in [-0.39, 0.29) is 5.75 Å². The fourth-order valence-corrected chi connectivity index (χ4v) is 3.89. The van der Waals surface area contributed by atoms with Gasteiger partial charge in [0, 0.05) is 33.9 Å². The Hall–Kier alpha value is -3.53. The summed E-state index contributed by atoms with van der Waals surface area (Å²) in [7, 11) is 0. The zero-order valence-corrected chi connectivity index (χ0v) is 15.0. The van der Waals surface area contributed by atoms with Gasteiger partial charge in [0.25, 0.3) is 0 Å². The molecule has 132 valence electrons. The maximum atomic E-state index is 9.99. The molecule has 0 radical (unpaired) electrons. The normalized spacial score (nSPS) is 11.4. The number of phenols is 1. The highest BCUT2D eigenvalue weighted by molar-refractivity contribution is 6.09. The Morgan fingerprint density at radius 1 is 0.852 bits per heavy atom. The van der Waals surface area contributed by atoms with Crippen LogP contribution in [-0.2, 0) is 6.54 Å². The molecule has 4 nitrogen and oxygen atoms in total. The first-order valence-corrected chi connectivity index (χ1v) is 9.11. The van der Waals surface area contributed by atoms with E-state index in [9.17, 15) is 5.11 Å². The van der Waals surface area contributed by atoms with Gasteiger partial charge in [-0.1, -0.05) is 30.3 Å². The molecule has 0 saturated carbocycles. The highest BCUT2D eigenvalue weighted by Crippen LogP contribution is 2.33. The summed E-state index contributed by atoms with van der Waals surface area (Å²) in [5, 5.41) is 16.7. The summed E-state index contributed by atoms with van der Waals surface area (Å²) < 4.78 is 4.24. The number of fused-ring (bicyclic) bond motifs is 3. The van der Waals surface area contributed by atoms with Gasteiger partial charge in [0.05, 0.1) is 17.6 Å². The van der Waals surface area contributed by atoms with Crippen LogP contribution in [0.5, 0.6) is 5.75 Å². The Balaban J connectivity index is 1.76. The average molecular weight is 353 g/mol. The Morgan fingerprint density at radius 2 is 1.59 bits per heavy atom. The summed E-state index contributed by atoms with van der Waals surface area (Å²) >= 11 is 0. The molecule has 2 heterocycles. The van der Waals surface area contributed by atoms with Crippen molar-refractivity contribution in [2.45, 2.75) is 13.5 Å². The molecule has 0 aliphatic rings. The van der Waals surface area contributed by atoms with E-state index in [1.54, 1.807) is 6.07 Å². The summed E-state index contributed by atoms with van der Waals surface area (Å²) in [4.78, 5) is 0. The molecule has 2 aromatic heterocycles. The third-order valence-corrected chi connectivity index (χ3v) is 5.11. The highest BCUT2D eigenvalue weighted by Gasteiger charge is 2.13. The van der Waals surface area contributed by atoms with E-state index in [4.69, 9.17) is 0 Å². The Labute approximate surface area is 156 Å². The molecule has 0 unspecified atom stereocenters. The van der Waals surface area contributed by atoms with E-state index in [1.807, 2.05) is 47.3 Å². The number of aromatic hydroxyl groups is 1. The molecular weight excluding hydrogens is 334 g/mol. The number of hydrogen-bond donors (Lipinski definition) is 1. The molecule has 5 rings (SSSR count). The summed E-state index contributed by atoms with van der Waals surface area (Å²) in [5.41, 5.74) is 5.48. The van der Waals surface area contributed by atoms with Crippen LogP contribution in [0.15, 0.2) is 79.0 Å². The van der Waals surface area contributed by atoms with Crippen LogP contribution in [0.2, 0.25) is 0 Å². The third kappa shape index (κ3) is 2.41. The maximum absolute atomic E-state index is 9.99. The molecule has 0 bridgehead atoms. The van der Waals surface area contributed by atoms with Crippen LogP contribution in [0.25, 0.3) is 38.8 Å². The molecule has 0 aliphatic carbocycles. The minimum absolute atomic E-state index is 0.284. The number of benzene rings is 3. The molecule has 5 aromatic rings. The van der Waals surface area contributed by atoms with Crippen LogP contribution >= 0.6 is 0 Å². The van der Waals surface area contributed by atoms with Gasteiger partial charge in [0.15, 0.2) is 0 Å². The fraction of sp³-hybridized carbons (Fsp3) is 0.0870. The van der Waals surface area contributed by atoms with Gasteiger partial charge in [-0.3, -0.25) is 0 Å². The van der Waals surface area contributed by atoms with E-state index in [0.29, 0.717) is 0 Å². The second-order valence-electron chi connectivity index (χ2n) is 6.64. The lowest BCUT2D eigenvalue weighted by Gasteiger charge is -2.09. The Kier molecular flexibility index (Phi) is 3.50. The van der Waals surface area contributed by atoms with Gasteiger partial charge < -0.3 is 9.67 Å². The smallest absolute Gasteiger partial charge is 0.116 e. The van der Waals surface area contributed by atoms with Crippen LogP contribution < -0.4 is 0 Å². The van der Waals surface area contributed by atoms with Crippen LogP contribution in [0.3, 0.4) is 0 Å². The SMILES string of the molecule is CCn1c2ccc(O)cc2c2cc(-n3nccc3-c3ccccc3)ccc21. The predicted molar refractivity (Wildman–Crippen MR) is 109 cm³/mol. The molecular formula is C23H19N3O. The summed E-state index contributed by atoms with van der Waals surface area (Å²) in [5.74, 6) is 0.284.